The fourth-order valence-electron chi connectivity index (χ4n) is 2.70. The normalized spacial score (nSPS) is 17.9. The largest absolute Gasteiger partial charge is 0.329 e. The first-order valence-corrected chi connectivity index (χ1v) is 8.16. The maximum Gasteiger partial charge on any atom is 0.241 e. The van der Waals surface area contributed by atoms with E-state index >= 15 is 0 Å². The van der Waals surface area contributed by atoms with Crippen LogP contribution in [0.15, 0.2) is 23.1 Å². The molecule has 5 nitrogen and oxygen atoms in total. The number of nitriles is 1. The van der Waals surface area contributed by atoms with Gasteiger partial charge in [0.1, 0.15) is 0 Å². The van der Waals surface area contributed by atoms with E-state index in [2.05, 4.69) is 4.72 Å². The van der Waals surface area contributed by atoms with Crippen molar-refractivity contribution in [3.63, 3.8) is 0 Å². The Morgan fingerprint density at radius 3 is 2.60 bits per heavy atom. The number of hydrogen-bond acceptors (Lipinski definition) is 4. The molecule has 108 valence electrons. The molecular weight excluding hydrogens is 274 g/mol. The van der Waals surface area contributed by atoms with E-state index in [4.69, 9.17) is 11.0 Å². The molecule has 0 amide bonds. The summed E-state index contributed by atoms with van der Waals surface area (Å²) in [6.45, 7) is 2.02. The van der Waals surface area contributed by atoms with Crippen LogP contribution >= 0.6 is 0 Å². The molecule has 0 bridgehead atoms. The van der Waals surface area contributed by atoms with E-state index in [1.807, 2.05) is 6.07 Å². The van der Waals surface area contributed by atoms with Gasteiger partial charge in [-0.05, 0) is 37.5 Å². The van der Waals surface area contributed by atoms with Crippen LogP contribution in [-0.2, 0) is 10.0 Å². The van der Waals surface area contributed by atoms with Gasteiger partial charge in [0, 0.05) is 12.1 Å². The minimum atomic E-state index is -3.66. The van der Waals surface area contributed by atoms with Crippen LogP contribution < -0.4 is 10.5 Å². The van der Waals surface area contributed by atoms with Crippen molar-refractivity contribution in [2.24, 2.45) is 5.73 Å². The Bertz CT molecular complexity index is 641. The van der Waals surface area contributed by atoms with Crippen LogP contribution in [-0.4, -0.2) is 20.5 Å². The van der Waals surface area contributed by atoms with Crippen molar-refractivity contribution >= 4 is 10.0 Å². The predicted octanol–water partition coefficient (Wildman–Crippen LogP) is 1.42. The Hall–Kier alpha value is -1.42. The van der Waals surface area contributed by atoms with Crippen molar-refractivity contribution in [3.05, 3.63) is 29.3 Å². The van der Waals surface area contributed by atoms with Gasteiger partial charge in [0.2, 0.25) is 10.0 Å². The van der Waals surface area contributed by atoms with Crippen molar-refractivity contribution in [1.82, 2.24) is 4.72 Å². The van der Waals surface area contributed by atoms with Crippen molar-refractivity contribution in [3.8, 4) is 6.07 Å². The predicted molar refractivity (Wildman–Crippen MR) is 76.5 cm³/mol. The highest BCUT2D eigenvalue weighted by Crippen LogP contribution is 2.31. The second-order valence-electron chi connectivity index (χ2n) is 5.39. The Kier molecular flexibility index (Phi) is 4.14. The molecule has 0 aromatic heterocycles. The molecule has 6 heteroatoms. The van der Waals surface area contributed by atoms with E-state index in [1.165, 1.54) is 6.07 Å². The van der Waals surface area contributed by atoms with E-state index in [1.54, 1.807) is 19.1 Å². The third-order valence-corrected chi connectivity index (χ3v) is 5.63. The highest BCUT2D eigenvalue weighted by atomic mass is 32.2. The molecule has 20 heavy (non-hydrogen) atoms. The molecule has 1 fully saturated rings. The van der Waals surface area contributed by atoms with Gasteiger partial charge >= 0.3 is 0 Å². The zero-order valence-corrected chi connectivity index (χ0v) is 12.3. The first-order chi connectivity index (χ1) is 9.42. The van der Waals surface area contributed by atoms with Crippen molar-refractivity contribution in [2.75, 3.05) is 6.54 Å². The zero-order chi connectivity index (χ0) is 14.8. The van der Waals surface area contributed by atoms with Gasteiger partial charge in [-0.25, -0.2) is 13.1 Å². The quantitative estimate of drug-likeness (QED) is 0.877. The Balaban J connectivity index is 2.38. The molecule has 0 atom stereocenters. The van der Waals surface area contributed by atoms with Crippen LogP contribution in [0.3, 0.4) is 0 Å². The molecule has 1 aromatic rings. The molecule has 1 saturated carbocycles. The third kappa shape index (κ3) is 2.85. The minimum absolute atomic E-state index is 0.163. The maximum absolute atomic E-state index is 12.6. The van der Waals surface area contributed by atoms with E-state index in [0.717, 1.165) is 25.7 Å². The Morgan fingerprint density at radius 2 is 2.05 bits per heavy atom. The van der Waals surface area contributed by atoms with E-state index in [9.17, 15) is 8.42 Å². The summed E-state index contributed by atoms with van der Waals surface area (Å²) in [7, 11) is -3.66. The lowest BCUT2D eigenvalue weighted by Crippen LogP contribution is -2.51. The zero-order valence-electron chi connectivity index (χ0n) is 11.5. The fraction of sp³-hybridized carbons (Fsp3) is 0.500. The van der Waals surface area contributed by atoms with Crippen molar-refractivity contribution in [2.45, 2.75) is 43.0 Å². The first-order valence-electron chi connectivity index (χ1n) is 6.67. The van der Waals surface area contributed by atoms with E-state index < -0.39 is 15.6 Å². The Morgan fingerprint density at radius 1 is 1.40 bits per heavy atom. The highest BCUT2D eigenvalue weighted by molar-refractivity contribution is 7.89. The highest BCUT2D eigenvalue weighted by Gasteiger charge is 2.37. The molecule has 0 aliphatic heterocycles. The van der Waals surface area contributed by atoms with Crippen LogP contribution in [0.5, 0.6) is 0 Å². The molecule has 1 aliphatic carbocycles. The number of nitrogens with zero attached hydrogens (tertiary/aromatic N) is 1. The third-order valence-electron chi connectivity index (χ3n) is 3.91. The van der Waals surface area contributed by atoms with Gasteiger partial charge in [0.25, 0.3) is 0 Å². The standard InChI is InChI=1S/C14H19N3O2S/c1-11-4-5-12(9-15)8-13(11)20(18,19)17-14(10-16)6-2-3-7-14/h4-5,8,17H,2-3,6-7,10,16H2,1H3. The smallest absolute Gasteiger partial charge is 0.241 e. The lowest BCUT2D eigenvalue weighted by atomic mass is 10.0. The molecule has 0 radical (unpaired) electrons. The molecule has 2 rings (SSSR count). The van der Waals surface area contributed by atoms with Crippen LogP contribution in [0.25, 0.3) is 0 Å². The summed E-state index contributed by atoms with van der Waals surface area (Å²) in [6.07, 6.45) is 3.49. The van der Waals surface area contributed by atoms with E-state index in [-0.39, 0.29) is 4.90 Å². The van der Waals surface area contributed by atoms with Gasteiger partial charge in [0.05, 0.1) is 16.5 Å². The maximum atomic E-state index is 12.6. The summed E-state index contributed by atoms with van der Waals surface area (Å²) in [4.78, 5) is 0.163. The monoisotopic (exact) mass is 293 g/mol. The lowest BCUT2D eigenvalue weighted by molar-refractivity contribution is 0.399. The number of rotatable bonds is 4. The topological polar surface area (TPSA) is 96.0 Å². The van der Waals surface area contributed by atoms with Crippen molar-refractivity contribution < 1.29 is 8.42 Å². The van der Waals surface area contributed by atoms with Crippen LogP contribution in [0.1, 0.15) is 36.8 Å². The first kappa shape index (κ1) is 15.0. The molecule has 0 unspecified atom stereocenters. The van der Waals surface area contributed by atoms with Gasteiger partial charge in [-0.3, -0.25) is 0 Å². The Labute approximate surface area is 119 Å². The lowest BCUT2D eigenvalue weighted by Gasteiger charge is -2.28. The summed E-state index contributed by atoms with van der Waals surface area (Å²) in [5.41, 5.74) is 6.20. The van der Waals surface area contributed by atoms with Gasteiger partial charge in [-0.2, -0.15) is 5.26 Å². The number of benzene rings is 1. The number of aryl methyl sites for hydroxylation is 1. The van der Waals surface area contributed by atoms with Crippen LogP contribution in [0.2, 0.25) is 0 Å². The fourth-order valence-corrected chi connectivity index (χ4v) is 4.44. The number of hydrogen-bond donors (Lipinski definition) is 2. The van der Waals surface area contributed by atoms with Gasteiger partial charge < -0.3 is 5.73 Å². The average Bonchev–Trinajstić information content (AvgIpc) is 2.87. The van der Waals surface area contributed by atoms with Crippen LogP contribution in [0.4, 0.5) is 0 Å². The number of nitrogens with two attached hydrogens (primary N) is 1. The van der Waals surface area contributed by atoms with Gasteiger partial charge in [0.15, 0.2) is 0 Å². The molecule has 0 saturated heterocycles. The number of nitrogens with one attached hydrogen (secondary N) is 1. The molecule has 1 aromatic carbocycles. The summed E-state index contributed by atoms with van der Waals surface area (Å²) in [6, 6.07) is 6.64. The van der Waals surface area contributed by atoms with Gasteiger partial charge in [-0.1, -0.05) is 18.9 Å². The summed E-state index contributed by atoms with van der Waals surface area (Å²) >= 11 is 0. The molecule has 1 aliphatic rings. The van der Waals surface area contributed by atoms with Crippen molar-refractivity contribution in [1.29, 1.82) is 5.26 Å². The second-order valence-corrected chi connectivity index (χ2v) is 7.04. The molecular formula is C14H19N3O2S. The second kappa shape index (κ2) is 5.52. The molecule has 3 N–H and O–H groups in total. The van der Waals surface area contributed by atoms with Crippen LogP contribution in [0, 0.1) is 18.3 Å². The van der Waals surface area contributed by atoms with Gasteiger partial charge in [-0.15, -0.1) is 0 Å². The SMILES string of the molecule is Cc1ccc(C#N)cc1S(=O)(=O)NC1(CN)CCCC1. The summed E-state index contributed by atoms with van der Waals surface area (Å²) in [5.74, 6) is 0. The minimum Gasteiger partial charge on any atom is -0.329 e. The average molecular weight is 293 g/mol. The molecule has 0 spiro atoms. The molecule has 0 heterocycles. The summed E-state index contributed by atoms with van der Waals surface area (Å²) in [5, 5.41) is 8.91. The summed E-state index contributed by atoms with van der Waals surface area (Å²) < 4.78 is 27.9. The van der Waals surface area contributed by atoms with E-state index in [0.29, 0.717) is 17.7 Å². The number of sulfonamides is 1.